The lowest BCUT2D eigenvalue weighted by Gasteiger charge is -2.27. The van der Waals surface area contributed by atoms with Crippen molar-refractivity contribution in [3.63, 3.8) is 0 Å². The van der Waals surface area contributed by atoms with E-state index in [2.05, 4.69) is 265 Å². The molecule has 0 unspecified atom stereocenters. The Balaban J connectivity index is 0.980. The highest BCUT2D eigenvalue weighted by molar-refractivity contribution is 5.99. The normalized spacial score (nSPS) is 11.0. The predicted molar refractivity (Wildman–Crippen MR) is 255 cm³/mol. The molecule has 0 aliphatic rings. The van der Waals surface area contributed by atoms with Gasteiger partial charge >= 0.3 is 0 Å². The fourth-order valence-electron chi connectivity index (χ4n) is 8.18. The third-order valence-electron chi connectivity index (χ3n) is 11.3. The van der Waals surface area contributed by atoms with Gasteiger partial charge < -0.3 is 9.80 Å². The van der Waals surface area contributed by atoms with Gasteiger partial charge in [0, 0.05) is 33.8 Å². The SMILES string of the molecule is c1ccc(-c2ccc(N(c3ccc(-c4ccccc4)cc3)c3ccc(-c4ccc(N(c5ccc(-c6ccccc6)cc5)c5cccc6ccccc56)cc4)cc3)cc2)cc1. The molecule has 60 heavy (non-hydrogen) atoms. The number of hydrogen-bond donors (Lipinski definition) is 0. The predicted octanol–water partition coefficient (Wildman–Crippen LogP) is 16.4. The van der Waals surface area contributed by atoms with Crippen LogP contribution in [0, 0.1) is 0 Å². The molecule has 0 amide bonds. The van der Waals surface area contributed by atoms with Crippen LogP contribution < -0.4 is 9.80 Å². The molecule has 0 atom stereocenters. The molecule has 0 aliphatic carbocycles. The van der Waals surface area contributed by atoms with Crippen LogP contribution in [0.5, 0.6) is 0 Å². The summed E-state index contributed by atoms with van der Waals surface area (Å²) in [5.74, 6) is 0. The van der Waals surface area contributed by atoms with Crippen molar-refractivity contribution in [2.45, 2.75) is 0 Å². The Hall–Kier alpha value is -7.94. The Labute approximate surface area is 352 Å². The van der Waals surface area contributed by atoms with Gasteiger partial charge in [-0.1, -0.05) is 188 Å². The van der Waals surface area contributed by atoms with Crippen molar-refractivity contribution in [1.82, 2.24) is 0 Å². The molecule has 2 nitrogen and oxygen atoms in total. The smallest absolute Gasteiger partial charge is 0.0540 e. The van der Waals surface area contributed by atoms with Gasteiger partial charge in [-0.15, -0.1) is 0 Å². The van der Waals surface area contributed by atoms with Crippen LogP contribution in [0.15, 0.2) is 255 Å². The fraction of sp³-hybridized carbons (Fsp3) is 0. The van der Waals surface area contributed by atoms with Gasteiger partial charge in [-0.3, -0.25) is 0 Å². The largest absolute Gasteiger partial charge is 0.311 e. The van der Waals surface area contributed by atoms with Crippen LogP contribution >= 0.6 is 0 Å². The topological polar surface area (TPSA) is 6.48 Å². The van der Waals surface area contributed by atoms with Crippen LogP contribution in [-0.2, 0) is 0 Å². The first-order valence-corrected chi connectivity index (χ1v) is 20.5. The summed E-state index contributed by atoms with van der Waals surface area (Å²) in [7, 11) is 0. The van der Waals surface area contributed by atoms with E-state index in [9.17, 15) is 0 Å². The van der Waals surface area contributed by atoms with Crippen LogP contribution in [0.4, 0.5) is 34.1 Å². The van der Waals surface area contributed by atoms with E-state index in [-0.39, 0.29) is 0 Å². The van der Waals surface area contributed by atoms with E-state index in [0.29, 0.717) is 0 Å². The number of benzene rings is 10. The van der Waals surface area contributed by atoms with E-state index in [0.717, 1.165) is 45.3 Å². The molecule has 10 aromatic carbocycles. The van der Waals surface area contributed by atoms with E-state index in [1.165, 1.54) is 44.2 Å². The van der Waals surface area contributed by atoms with Gasteiger partial charge in [0.1, 0.15) is 0 Å². The Morgan fingerprint density at radius 2 is 0.450 bits per heavy atom. The molecule has 10 rings (SSSR count). The van der Waals surface area contributed by atoms with Crippen LogP contribution in [0.2, 0.25) is 0 Å². The molecule has 0 radical (unpaired) electrons. The highest BCUT2D eigenvalue weighted by Gasteiger charge is 2.17. The second kappa shape index (κ2) is 16.5. The Kier molecular flexibility index (Phi) is 10.0. The number of fused-ring (bicyclic) bond motifs is 1. The molecule has 0 aliphatic heterocycles. The average Bonchev–Trinajstić information content (AvgIpc) is 3.34. The maximum absolute atomic E-state index is 2.37. The van der Waals surface area contributed by atoms with Crippen LogP contribution in [-0.4, -0.2) is 0 Å². The summed E-state index contributed by atoms with van der Waals surface area (Å²) in [6.45, 7) is 0. The van der Waals surface area contributed by atoms with Gasteiger partial charge in [0.25, 0.3) is 0 Å². The molecular weight excluding hydrogens is 725 g/mol. The molecule has 0 fully saturated rings. The lowest BCUT2D eigenvalue weighted by Crippen LogP contribution is -2.10. The quantitative estimate of drug-likeness (QED) is 0.137. The van der Waals surface area contributed by atoms with E-state index < -0.39 is 0 Å². The minimum Gasteiger partial charge on any atom is -0.311 e. The summed E-state index contributed by atoms with van der Waals surface area (Å²) >= 11 is 0. The van der Waals surface area contributed by atoms with Crippen molar-refractivity contribution >= 4 is 44.9 Å². The van der Waals surface area contributed by atoms with Crippen molar-refractivity contribution in [3.05, 3.63) is 255 Å². The van der Waals surface area contributed by atoms with Gasteiger partial charge in [0.05, 0.1) is 5.69 Å². The number of nitrogens with zero attached hydrogens (tertiary/aromatic N) is 2. The van der Waals surface area contributed by atoms with Crippen LogP contribution in [0.3, 0.4) is 0 Å². The Morgan fingerprint density at radius 1 is 0.183 bits per heavy atom. The third-order valence-corrected chi connectivity index (χ3v) is 11.3. The fourth-order valence-corrected chi connectivity index (χ4v) is 8.18. The lowest BCUT2D eigenvalue weighted by atomic mass is 10.0. The molecule has 2 heteroatoms. The summed E-state index contributed by atoms with van der Waals surface area (Å²) in [6, 6.07) is 91.4. The zero-order valence-electron chi connectivity index (χ0n) is 33.1. The van der Waals surface area contributed by atoms with Gasteiger partial charge in [0.2, 0.25) is 0 Å². The Bertz CT molecular complexity index is 2870. The van der Waals surface area contributed by atoms with Gasteiger partial charge in [-0.25, -0.2) is 0 Å². The van der Waals surface area contributed by atoms with E-state index >= 15 is 0 Å². The summed E-state index contributed by atoms with van der Waals surface area (Å²) in [5, 5.41) is 2.42. The molecule has 0 saturated heterocycles. The van der Waals surface area contributed by atoms with Gasteiger partial charge in [-0.2, -0.15) is 0 Å². The highest BCUT2D eigenvalue weighted by atomic mass is 15.1. The monoisotopic (exact) mass is 766 g/mol. The second-order valence-electron chi connectivity index (χ2n) is 15.0. The zero-order valence-corrected chi connectivity index (χ0v) is 33.1. The first kappa shape index (κ1) is 36.4. The average molecular weight is 767 g/mol. The first-order valence-electron chi connectivity index (χ1n) is 20.5. The van der Waals surface area contributed by atoms with Gasteiger partial charge in [0.15, 0.2) is 0 Å². The molecule has 0 bridgehead atoms. The zero-order chi connectivity index (χ0) is 40.1. The Morgan fingerprint density at radius 3 is 0.800 bits per heavy atom. The van der Waals surface area contributed by atoms with Crippen molar-refractivity contribution in [2.75, 3.05) is 9.80 Å². The molecule has 0 aromatic heterocycles. The summed E-state index contributed by atoms with van der Waals surface area (Å²) in [5.41, 5.74) is 16.2. The number of rotatable bonds is 10. The molecular formula is C58H42N2. The van der Waals surface area contributed by atoms with Crippen LogP contribution in [0.25, 0.3) is 55.3 Å². The maximum atomic E-state index is 2.37. The third kappa shape index (κ3) is 7.46. The summed E-state index contributed by atoms with van der Waals surface area (Å²) in [6.07, 6.45) is 0. The van der Waals surface area contributed by atoms with E-state index in [1.807, 2.05) is 0 Å². The maximum Gasteiger partial charge on any atom is 0.0540 e. The number of hydrogen-bond acceptors (Lipinski definition) is 2. The molecule has 0 saturated carbocycles. The van der Waals surface area contributed by atoms with Crippen molar-refractivity contribution < 1.29 is 0 Å². The lowest BCUT2D eigenvalue weighted by molar-refractivity contribution is 1.28. The van der Waals surface area contributed by atoms with Crippen LogP contribution in [0.1, 0.15) is 0 Å². The standard InChI is InChI=1S/C58H42N2/c1-4-13-43(14-5-1)46-23-33-52(34-24-46)59(53-35-25-47(26-36-53)44-15-6-2-7-16-44)54-37-27-49(28-38-54)50-31-41-56(42-32-50)60(58-22-12-20-51-19-10-11-21-57(51)58)55-39-29-48(30-40-55)45-17-8-3-9-18-45/h1-42H. The molecule has 0 N–H and O–H groups in total. The van der Waals surface area contributed by atoms with Crippen molar-refractivity contribution in [2.24, 2.45) is 0 Å². The summed E-state index contributed by atoms with van der Waals surface area (Å²) in [4.78, 5) is 4.70. The molecule has 284 valence electrons. The van der Waals surface area contributed by atoms with Crippen molar-refractivity contribution in [3.8, 4) is 44.5 Å². The minimum atomic E-state index is 1.09. The minimum absolute atomic E-state index is 1.09. The number of anilines is 6. The highest BCUT2D eigenvalue weighted by Crippen LogP contribution is 2.41. The molecule has 10 aromatic rings. The summed E-state index contributed by atoms with van der Waals surface area (Å²) < 4.78 is 0. The van der Waals surface area contributed by atoms with E-state index in [4.69, 9.17) is 0 Å². The molecule has 0 heterocycles. The first-order chi connectivity index (χ1) is 29.7. The molecule has 0 spiro atoms. The van der Waals surface area contributed by atoms with Crippen molar-refractivity contribution in [1.29, 1.82) is 0 Å². The van der Waals surface area contributed by atoms with Gasteiger partial charge in [-0.05, 0) is 117 Å². The second-order valence-corrected chi connectivity index (χ2v) is 15.0. The van der Waals surface area contributed by atoms with E-state index in [1.54, 1.807) is 0 Å².